The average molecular weight is 389 g/mol. The van der Waals surface area contributed by atoms with E-state index in [1.165, 1.54) is 0 Å². The van der Waals surface area contributed by atoms with Crippen LogP contribution < -0.4 is 10.6 Å². The van der Waals surface area contributed by atoms with Crippen LogP contribution in [-0.4, -0.2) is 23.0 Å². The standard InChI is InChI=1S/C23H23N3O3/c1-17-12-13-24-15-21(17)25-22(27)20(14-18-8-4-2-5-9-18)26-23(28)29-16-19-10-6-3-7-11-19/h2-13,15,20H,14,16H2,1H3,(H,25,27)(H,26,28)/t20-/m0/s1. The van der Waals surface area contributed by atoms with Gasteiger partial charge in [0.05, 0.1) is 11.9 Å². The van der Waals surface area contributed by atoms with E-state index >= 15 is 0 Å². The number of aromatic nitrogens is 1. The number of carbonyl (C=O) groups is 2. The van der Waals surface area contributed by atoms with Crippen LogP contribution in [0.3, 0.4) is 0 Å². The molecule has 1 atom stereocenters. The number of pyridine rings is 1. The Kier molecular flexibility index (Phi) is 6.95. The second kappa shape index (κ2) is 10.0. The van der Waals surface area contributed by atoms with Gasteiger partial charge >= 0.3 is 6.09 Å². The number of nitrogens with zero attached hydrogens (tertiary/aromatic N) is 1. The van der Waals surface area contributed by atoms with E-state index in [1.54, 1.807) is 12.4 Å². The molecule has 0 aliphatic rings. The number of ether oxygens (including phenoxy) is 1. The summed E-state index contributed by atoms with van der Waals surface area (Å²) in [4.78, 5) is 29.2. The highest BCUT2D eigenvalue weighted by Crippen LogP contribution is 2.13. The van der Waals surface area contributed by atoms with Crippen LogP contribution in [0.25, 0.3) is 0 Å². The van der Waals surface area contributed by atoms with Crippen molar-refractivity contribution in [1.29, 1.82) is 0 Å². The van der Waals surface area contributed by atoms with Crippen LogP contribution in [0.2, 0.25) is 0 Å². The zero-order valence-electron chi connectivity index (χ0n) is 16.2. The first-order chi connectivity index (χ1) is 14.1. The van der Waals surface area contributed by atoms with Crippen molar-refractivity contribution < 1.29 is 14.3 Å². The fourth-order valence-corrected chi connectivity index (χ4v) is 2.78. The highest BCUT2D eigenvalue weighted by Gasteiger charge is 2.22. The Morgan fingerprint density at radius 1 is 0.966 bits per heavy atom. The van der Waals surface area contributed by atoms with Gasteiger partial charge in [0.2, 0.25) is 5.91 Å². The van der Waals surface area contributed by atoms with Crippen molar-refractivity contribution in [3.05, 3.63) is 95.8 Å². The highest BCUT2D eigenvalue weighted by atomic mass is 16.5. The predicted octanol–water partition coefficient (Wildman–Crippen LogP) is 3.87. The number of hydrogen-bond donors (Lipinski definition) is 2. The number of hydrogen-bond acceptors (Lipinski definition) is 4. The number of rotatable bonds is 7. The molecule has 0 saturated heterocycles. The number of anilines is 1. The molecule has 0 unspecified atom stereocenters. The van der Waals surface area contributed by atoms with E-state index < -0.39 is 12.1 Å². The molecule has 0 saturated carbocycles. The van der Waals surface area contributed by atoms with Gasteiger partial charge in [-0.15, -0.1) is 0 Å². The van der Waals surface area contributed by atoms with Crippen LogP contribution in [0.15, 0.2) is 79.1 Å². The third kappa shape index (κ3) is 6.17. The largest absolute Gasteiger partial charge is 0.445 e. The lowest BCUT2D eigenvalue weighted by molar-refractivity contribution is -0.118. The molecule has 0 aliphatic heterocycles. The molecule has 29 heavy (non-hydrogen) atoms. The summed E-state index contributed by atoms with van der Waals surface area (Å²) in [6.07, 6.45) is 2.94. The molecule has 2 N–H and O–H groups in total. The lowest BCUT2D eigenvalue weighted by atomic mass is 10.1. The SMILES string of the molecule is Cc1ccncc1NC(=O)[C@H](Cc1ccccc1)NC(=O)OCc1ccccc1. The molecule has 6 heteroatoms. The molecular weight excluding hydrogens is 366 g/mol. The molecule has 148 valence electrons. The molecule has 2 amide bonds. The molecule has 1 heterocycles. The maximum Gasteiger partial charge on any atom is 0.408 e. The summed E-state index contributed by atoms with van der Waals surface area (Å²) >= 11 is 0. The number of carbonyl (C=O) groups excluding carboxylic acids is 2. The van der Waals surface area contributed by atoms with Crippen molar-refractivity contribution in [2.75, 3.05) is 5.32 Å². The van der Waals surface area contributed by atoms with Gasteiger partial charge < -0.3 is 15.4 Å². The Morgan fingerprint density at radius 3 is 2.28 bits per heavy atom. The van der Waals surface area contributed by atoms with Crippen molar-refractivity contribution in [2.45, 2.75) is 26.0 Å². The maximum absolute atomic E-state index is 12.9. The van der Waals surface area contributed by atoms with Crippen LogP contribution >= 0.6 is 0 Å². The molecule has 0 bridgehead atoms. The third-order valence-corrected chi connectivity index (χ3v) is 4.40. The monoisotopic (exact) mass is 389 g/mol. The van der Waals surface area contributed by atoms with Crippen LogP contribution in [0.4, 0.5) is 10.5 Å². The van der Waals surface area contributed by atoms with E-state index in [2.05, 4.69) is 15.6 Å². The summed E-state index contributed by atoms with van der Waals surface area (Å²) < 4.78 is 5.28. The van der Waals surface area contributed by atoms with Crippen molar-refractivity contribution >= 4 is 17.7 Å². The molecule has 3 aromatic rings. The summed E-state index contributed by atoms with van der Waals surface area (Å²) in [6, 6.07) is 19.9. The van der Waals surface area contributed by atoms with Crippen LogP contribution in [0.5, 0.6) is 0 Å². The smallest absolute Gasteiger partial charge is 0.408 e. The number of amides is 2. The summed E-state index contributed by atoms with van der Waals surface area (Å²) in [5.74, 6) is -0.332. The van der Waals surface area contributed by atoms with Gasteiger partial charge in [-0.1, -0.05) is 60.7 Å². The predicted molar refractivity (Wildman–Crippen MR) is 111 cm³/mol. The van der Waals surface area contributed by atoms with E-state index in [1.807, 2.05) is 73.7 Å². The first-order valence-corrected chi connectivity index (χ1v) is 9.34. The molecule has 1 aromatic heterocycles. The number of alkyl carbamates (subject to hydrolysis) is 1. The van der Waals surface area contributed by atoms with Crippen molar-refractivity contribution in [2.24, 2.45) is 0 Å². The first-order valence-electron chi connectivity index (χ1n) is 9.34. The lowest BCUT2D eigenvalue weighted by Gasteiger charge is -2.19. The van der Waals surface area contributed by atoms with Gasteiger partial charge in [-0.3, -0.25) is 9.78 Å². The van der Waals surface area contributed by atoms with Gasteiger partial charge in [0.1, 0.15) is 12.6 Å². The molecule has 0 fully saturated rings. The summed E-state index contributed by atoms with van der Waals surface area (Å²) in [5.41, 5.74) is 3.30. The van der Waals surface area contributed by atoms with Gasteiger partial charge in [0, 0.05) is 12.6 Å². The van der Waals surface area contributed by atoms with Gasteiger partial charge in [-0.2, -0.15) is 0 Å². The van der Waals surface area contributed by atoms with Gasteiger partial charge in [0.15, 0.2) is 0 Å². The van der Waals surface area contributed by atoms with E-state index in [0.717, 1.165) is 16.7 Å². The Labute approximate surface area is 169 Å². The Bertz CT molecular complexity index is 946. The Hall–Kier alpha value is -3.67. The molecule has 0 radical (unpaired) electrons. The normalized spacial score (nSPS) is 11.3. The summed E-state index contributed by atoms with van der Waals surface area (Å²) in [6.45, 7) is 2.01. The van der Waals surface area contributed by atoms with Crippen molar-refractivity contribution in [3.8, 4) is 0 Å². The lowest BCUT2D eigenvalue weighted by Crippen LogP contribution is -2.45. The number of benzene rings is 2. The third-order valence-electron chi connectivity index (χ3n) is 4.40. The van der Waals surface area contributed by atoms with Gasteiger partial charge in [0.25, 0.3) is 0 Å². The van der Waals surface area contributed by atoms with Crippen LogP contribution in [0, 0.1) is 6.92 Å². The van der Waals surface area contributed by atoms with Crippen LogP contribution in [-0.2, 0) is 22.6 Å². The van der Waals surface area contributed by atoms with Crippen molar-refractivity contribution in [3.63, 3.8) is 0 Å². The van der Waals surface area contributed by atoms with Gasteiger partial charge in [-0.05, 0) is 29.7 Å². The zero-order chi connectivity index (χ0) is 20.5. The second-order valence-electron chi connectivity index (χ2n) is 6.63. The maximum atomic E-state index is 12.9. The van der Waals surface area contributed by atoms with Crippen molar-refractivity contribution in [1.82, 2.24) is 10.3 Å². The Balaban J connectivity index is 1.67. The molecule has 3 rings (SSSR count). The van der Waals surface area contributed by atoms with E-state index in [4.69, 9.17) is 4.74 Å². The zero-order valence-corrected chi connectivity index (χ0v) is 16.2. The minimum Gasteiger partial charge on any atom is -0.445 e. The van der Waals surface area contributed by atoms with E-state index in [-0.39, 0.29) is 12.5 Å². The average Bonchev–Trinajstić information content (AvgIpc) is 2.75. The molecule has 6 nitrogen and oxygen atoms in total. The molecule has 0 aliphatic carbocycles. The minimum absolute atomic E-state index is 0.133. The number of nitrogens with one attached hydrogen (secondary N) is 2. The summed E-state index contributed by atoms with van der Waals surface area (Å²) in [5, 5.41) is 5.52. The van der Waals surface area contributed by atoms with Gasteiger partial charge in [-0.25, -0.2) is 4.79 Å². The fraction of sp³-hybridized carbons (Fsp3) is 0.174. The second-order valence-corrected chi connectivity index (χ2v) is 6.63. The Morgan fingerprint density at radius 2 is 1.62 bits per heavy atom. The highest BCUT2D eigenvalue weighted by molar-refractivity contribution is 5.97. The minimum atomic E-state index is -0.791. The molecular formula is C23H23N3O3. The first kappa shape index (κ1) is 20.1. The molecule has 2 aromatic carbocycles. The van der Waals surface area contributed by atoms with Crippen LogP contribution in [0.1, 0.15) is 16.7 Å². The van der Waals surface area contributed by atoms with E-state index in [0.29, 0.717) is 12.1 Å². The fourth-order valence-electron chi connectivity index (χ4n) is 2.78. The quantitative estimate of drug-likeness (QED) is 0.643. The van der Waals surface area contributed by atoms with E-state index in [9.17, 15) is 9.59 Å². The number of aryl methyl sites for hydroxylation is 1. The summed E-state index contributed by atoms with van der Waals surface area (Å²) in [7, 11) is 0. The topological polar surface area (TPSA) is 80.3 Å². The molecule has 0 spiro atoms.